The van der Waals surface area contributed by atoms with Crippen LogP contribution in [0.3, 0.4) is 0 Å². The summed E-state index contributed by atoms with van der Waals surface area (Å²) in [4.78, 5) is 18.3. The number of para-hydroxylation sites is 2. The van der Waals surface area contributed by atoms with Gasteiger partial charge >= 0.3 is 0 Å². The standard InChI is InChI=1S/C15H13ClN2O2/c16-14-11(5-3-8-17-14)15(19)18-9-4-10-20-13-7-2-1-6-12(13)18/h1-3,5-8H,4,9-10H2. The highest BCUT2D eigenvalue weighted by molar-refractivity contribution is 6.33. The molecule has 1 aliphatic rings. The van der Waals surface area contributed by atoms with Crippen molar-refractivity contribution in [3.8, 4) is 5.75 Å². The Morgan fingerprint density at radius 1 is 1.25 bits per heavy atom. The minimum atomic E-state index is -0.152. The van der Waals surface area contributed by atoms with Gasteiger partial charge in [0, 0.05) is 12.7 Å². The highest BCUT2D eigenvalue weighted by Crippen LogP contribution is 2.32. The maximum absolute atomic E-state index is 12.7. The van der Waals surface area contributed by atoms with E-state index in [9.17, 15) is 4.79 Å². The molecule has 0 fully saturated rings. The van der Waals surface area contributed by atoms with Gasteiger partial charge in [0.2, 0.25) is 0 Å². The molecule has 3 rings (SSSR count). The molecule has 0 unspecified atom stereocenters. The molecule has 0 aliphatic carbocycles. The Morgan fingerprint density at radius 3 is 2.95 bits per heavy atom. The number of ether oxygens (including phenoxy) is 1. The van der Waals surface area contributed by atoms with Crippen LogP contribution in [-0.2, 0) is 0 Å². The van der Waals surface area contributed by atoms with E-state index < -0.39 is 0 Å². The van der Waals surface area contributed by atoms with E-state index in [1.54, 1.807) is 23.2 Å². The Balaban J connectivity index is 2.02. The maximum atomic E-state index is 12.7. The average Bonchev–Trinajstić information content (AvgIpc) is 2.69. The molecular formula is C15H13ClN2O2. The number of halogens is 1. The molecule has 20 heavy (non-hydrogen) atoms. The highest BCUT2D eigenvalue weighted by atomic mass is 35.5. The average molecular weight is 289 g/mol. The number of anilines is 1. The monoisotopic (exact) mass is 288 g/mol. The highest BCUT2D eigenvalue weighted by Gasteiger charge is 2.24. The van der Waals surface area contributed by atoms with E-state index in [-0.39, 0.29) is 11.1 Å². The second-order valence-corrected chi connectivity index (χ2v) is 4.83. The first-order valence-corrected chi connectivity index (χ1v) is 6.79. The minimum absolute atomic E-state index is 0.152. The zero-order valence-electron chi connectivity index (χ0n) is 10.8. The molecule has 1 amide bonds. The SMILES string of the molecule is O=C(c1cccnc1Cl)N1CCCOc2ccccc21. The van der Waals surface area contributed by atoms with Crippen LogP contribution in [0.4, 0.5) is 5.69 Å². The number of fused-ring (bicyclic) bond motifs is 1. The Morgan fingerprint density at radius 2 is 2.10 bits per heavy atom. The molecule has 0 N–H and O–H groups in total. The van der Waals surface area contributed by atoms with E-state index in [1.807, 2.05) is 24.3 Å². The molecule has 0 spiro atoms. The van der Waals surface area contributed by atoms with Gasteiger partial charge in [-0.1, -0.05) is 23.7 Å². The zero-order chi connectivity index (χ0) is 13.9. The van der Waals surface area contributed by atoms with Crippen LogP contribution < -0.4 is 9.64 Å². The topological polar surface area (TPSA) is 42.4 Å². The van der Waals surface area contributed by atoms with Crippen molar-refractivity contribution in [1.82, 2.24) is 4.98 Å². The van der Waals surface area contributed by atoms with E-state index in [0.29, 0.717) is 18.7 Å². The first-order chi connectivity index (χ1) is 9.77. The molecule has 0 saturated carbocycles. The van der Waals surface area contributed by atoms with Crippen LogP contribution in [-0.4, -0.2) is 24.0 Å². The van der Waals surface area contributed by atoms with Crippen molar-refractivity contribution in [3.05, 3.63) is 53.3 Å². The number of nitrogens with zero attached hydrogens (tertiary/aromatic N) is 2. The van der Waals surface area contributed by atoms with Gasteiger partial charge in [0.1, 0.15) is 10.9 Å². The summed E-state index contributed by atoms with van der Waals surface area (Å²) in [6.07, 6.45) is 2.34. The van der Waals surface area contributed by atoms with Crippen LogP contribution in [0.2, 0.25) is 5.15 Å². The van der Waals surface area contributed by atoms with E-state index in [0.717, 1.165) is 17.9 Å². The summed E-state index contributed by atoms with van der Waals surface area (Å²) in [7, 11) is 0. The molecule has 0 atom stereocenters. The maximum Gasteiger partial charge on any atom is 0.261 e. The van der Waals surface area contributed by atoms with Gasteiger partial charge in [0.25, 0.3) is 5.91 Å². The van der Waals surface area contributed by atoms with Crippen LogP contribution in [0.15, 0.2) is 42.6 Å². The van der Waals surface area contributed by atoms with E-state index >= 15 is 0 Å². The number of amides is 1. The summed E-state index contributed by atoms with van der Waals surface area (Å²) in [6.45, 7) is 1.20. The summed E-state index contributed by atoms with van der Waals surface area (Å²) < 4.78 is 5.65. The predicted octanol–water partition coefficient (Wildman–Crippen LogP) is 3.16. The Hall–Kier alpha value is -2.07. The smallest absolute Gasteiger partial charge is 0.261 e. The van der Waals surface area contributed by atoms with Gasteiger partial charge in [-0.3, -0.25) is 4.79 Å². The van der Waals surface area contributed by atoms with Crippen LogP contribution in [0.25, 0.3) is 0 Å². The third kappa shape index (κ3) is 2.34. The quantitative estimate of drug-likeness (QED) is 0.757. The van der Waals surface area contributed by atoms with E-state index in [1.165, 1.54) is 0 Å². The van der Waals surface area contributed by atoms with Gasteiger partial charge in [-0.25, -0.2) is 4.98 Å². The van der Waals surface area contributed by atoms with Gasteiger partial charge in [0.15, 0.2) is 0 Å². The van der Waals surface area contributed by atoms with E-state index in [2.05, 4.69) is 4.98 Å². The fourth-order valence-corrected chi connectivity index (χ4v) is 2.43. The lowest BCUT2D eigenvalue weighted by Gasteiger charge is -2.21. The predicted molar refractivity (Wildman–Crippen MR) is 77.5 cm³/mol. The van der Waals surface area contributed by atoms with Gasteiger partial charge < -0.3 is 9.64 Å². The third-order valence-corrected chi connectivity index (χ3v) is 3.48. The summed E-state index contributed by atoms with van der Waals surface area (Å²) >= 11 is 6.02. The fraction of sp³-hybridized carbons (Fsp3) is 0.200. The Kier molecular flexibility index (Phi) is 3.56. The molecule has 1 aliphatic heterocycles. The normalized spacial score (nSPS) is 14.2. The fourth-order valence-electron chi connectivity index (χ4n) is 2.23. The molecule has 102 valence electrons. The van der Waals surface area contributed by atoms with Gasteiger partial charge in [-0.15, -0.1) is 0 Å². The minimum Gasteiger partial charge on any atom is -0.491 e. The van der Waals surface area contributed by atoms with Crippen molar-refractivity contribution in [2.24, 2.45) is 0 Å². The van der Waals surface area contributed by atoms with Crippen LogP contribution >= 0.6 is 11.6 Å². The first-order valence-electron chi connectivity index (χ1n) is 6.41. The molecule has 0 bridgehead atoms. The summed E-state index contributed by atoms with van der Waals surface area (Å²) in [5, 5.41) is 0.222. The molecule has 1 aromatic carbocycles. The molecule has 0 radical (unpaired) electrons. The molecule has 2 aromatic rings. The second kappa shape index (κ2) is 5.51. The van der Waals surface area contributed by atoms with Crippen molar-refractivity contribution < 1.29 is 9.53 Å². The molecule has 1 aromatic heterocycles. The number of hydrogen-bond donors (Lipinski definition) is 0. The Bertz CT molecular complexity index is 645. The molecular weight excluding hydrogens is 276 g/mol. The molecule has 5 heteroatoms. The van der Waals surface area contributed by atoms with Crippen LogP contribution in [0.5, 0.6) is 5.75 Å². The van der Waals surface area contributed by atoms with Crippen molar-refractivity contribution in [1.29, 1.82) is 0 Å². The van der Waals surface area contributed by atoms with Crippen molar-refractivity contribution in [3.63, 3.8) is 0 Å². The number of carbonyl (C=O) groups is 1. The van der Waals surface area contributed by atoms with Gasteiger partial charge in [-0.2, -0.15) is 0 Å². The van der Waals surface area contributed by atoms with Crippen LogP contribution in [0, 0.1) is 0 Å². The second-order valence-electron chi connectivity index (χ2n) is 4.47. The first kappa shape index (κ1) is 12.9. The largest absolute Gasteiger partial charge is 0.491 e. The van der Waals surface area contributed by atoms with Gasteiger partial charge in [-0.05, 0) is 30.7 Å². The van der Waals surface area contributed by atoms with Crippen molar-refractivity contribution in [2.75, 3.05) is 18.1 Å². The molecule has 0 saturated heterocycles. The summed E-state index contributed by atoms with van der Waals surface area (Å²) in [5.74, 6) is 0.569. The number of aromatic nitrogens is 1. The lowest BCUT2D eigenvalue weighted by Crippen LogP contribution is -2.31. The number of pyridine rings is 1. The molecule has 2 heterocycles. The number of rotatable bonds is 1. The number of benzene rings is 1. The number of hydrogen-bond acceptors (Lipinski definition) is 3. The lowest BCUT2D eigenvalue weighted by molar-refractivity contribution is 0.0987. The molecule has 4 nitrogen and oxygen atoms in total. The zero-order valence-corrected chi connectivity index (χ0v) is 11.5. The third-order valence-electron chi connectivity index (χ3n) is 3.17. The van der Waals surface area contributed by atoms with E-state index in [4.69, 9.17) is 16.3 Å². The van der Waals surface area contributed by atoms with Crippen molar-refractivity contribution >= 4 is 23.2 Å². The summed E-state index contributed by atoms with van der Waals surface area (Å²) in [5.41, 5.74) is 1.18. The lowest BCUT2D eigenvalue weighted by atomic mass is 10.2. The Labute approximate surface area is 122 Å². The number of carbonyl (C=O) groups excluding carboxylic acids is 1. The summed E-state index contributed by atoms with van der Waals surface area (Å²) in [6, 6.07) is 10.9. The van der Waals surface area contributed by atoms with Gasteiger partial charge in [0.05, 0.1) is 17.9 Å². The van der Waals surface area contributed by atoms with Crippen LogP contribution in [0.1, 0.15) is 16.8 Å². The van der Waals surface area contributed by atoms with Crippen molar-refractivity contribution in [2.45, 2.75) is 6.42 Å².